The number of carbonyl (C=O) groups excluding carboxylic acids is 1. The zero-order valence-electron chi connectivity index (χ0n) is 20.7. The summed E-state index contributed by atoms with van der Waals surface area (Å²) in [5.74, 6) is 0.0155. The van der Waals surface area contributed by atoms with Crippen LogP contribution in [0.3, 0.4) is 0 Å². The first kappa shape index (κ1) is 22.3. The standard InChI is InChI=1S/C28H26ClN7O/c1-4-23(37)35-13-28(14-35)9-19(10-28)36-16(3)24(25-20-12-31-33-22(20)7-15(2)26(25)29)27(34-36)17-5-6-21-18(8-17)11-30-32-21/h4-8,11-12,19H,1,9-10,13-14H2,2-3H3,(H,30,32)(H,31,33). The van der Waals surface area contributed by atoms with Crippen LogP contribution in [0.4, 0.5) is 0 Å². The minimum atomic E-state index is 0.0155. The van der Waals surface area contributed by atoms with Gasteiger partial charge in [0.25, 0.3) is 0 Å². The van der Waals surface area contributed by atoms with E-state index < -0.39 is 0 Å². The van der Waals surface area contributed by atoms with Gasteiger partial charge in [-0.2, -0.15) is 15.3 Å². The molecule has 1 spiro atoms. The molecule has 8 nitrogen and oxygen atoms in total. The number of aromatic amines is 2. The van der Waals surface area contributed by atoms with E-state index in [0.29, 0.717) is 5.02 Å². The number of hydrogen-bond donors (Lipinski definition) is 2. The van der Waals surface area contributed by atoms with Crippen LogP contribution >= 0.6 is 11.6 Å². The Kier molecular flexibility index (Phi) is 4.70. The predicted octanol–water partition coefficient (Wildman–Crippen LogP) is 5.59. The third-order valence-electron chi connectivity index (χ3n) is 8.20. The van der Waals surface area contributed by atoms with E-state index in [4.69, 9.17) is 16.7 Å². The molecule has 1 saturated carbocycles. The topological polar surface area (TPSA) is 95.5 Å². The second-order valence-corrected chi connectivity index (χ2v) is 11.0. The minimum absolute atomic E-state index is 0.0155. The smallest absolute Gasteiger partial charge is 0.245 e. The number of halogens is 1. The third kappa shape index (κ3) is 3.21. The van der Waals surface area contributed by atoms with Crippen molar-refractivity contribution in [1.29, 1.82) is 0 Å². The Balaban J connectivity index is 1.36. The van der Waals surface area contributed by atoms with E-state index in [1.165, 1.54) is 6.08 Å². The summed E-state index contributed by atoms with van der Waals surface area (Å²) in [6.45, 7) is 9.36. The fourth-order valence-electron chi connectivity index (χ4n) is 6.33. The highest BCUT2D eigenvalue weighted by Crippen LogP contribution is 2.55. The number of amides is 1. The molecular weight excluding hydrogens is 486 g/mol. The van der Waals surface area contributed by atoms with Crippen LogP contribution < -0.4 is 0 Å². The first-order valence-corrected chi connectivity index (χ1v) is 12.8. The minimum Gasteiger partial charge on any atom is -0.338 e. The summed E-state index contributed by atoms with van der Waals surface area (Å²) in [6, 6.07) is 8.55. The fourth-order valence-corrected chi connectivity index (χ4v) is 6.58. The maximum atomic E-state index is 12.0. The van der Waals surface area contributed by atoms with Gasteiger partial charge >= 0.3 is 0 Å². The molecule has 5 aromatic rings. The molecule has 4 heterocycles. The zero-order valence-corrected chi connectivity index (χ0v) is 21.4. The van der Waals surface area contributed by atoms with Crippen LogP contribution in [0.25, 0.3) is 44.2 Å². The SMILES string of the molecule is C=CC(=O)N1CC2(CC(n3nc(-c4ccc5[nH]ncc5c4)c(-c4c(Cl)c(C)cc5[nH]ncc45)c3C)C2)C1. The Hall–Kier alpha value is -3.91. The van der Waals surface area contributed by atoms with Crippen molar-refractivity contribution in [3.63, 3.8) is 0 Å². The van der Waals surface area contributed by atoms with Gasteiger partial charge < -0.3 is 4.90 Å². The number of hydrogen-bond acceptors (Lipinski definition) is 4. The molecular formula is C28H26ClN7O. The summed E-state index contributed by atoms with van der Waals surface area (Å²) in [6.07, 6.45) is 7.07. The number of aryl methyl sites for hydroxylation is 1. The highest BCUT2D eigenvalue weighted by molar-refractivity contribution is 6.36. The summed E-state index contributed by atoms with van der Waals surface area (Å²) in [4.78, 5) is 13.8. The van der Waals surface area contributed by atoms with Gasteiger partial charge in [-0.1, -0.05) is 24.2 Å². The number of rotatable bonds is 4. The second-order valence-electron chi connectivity index (χ2n) is 10.6. The molecule has 0 bridgehead atoms. The Bertz CT molecular complexity index is 1730. The average Bonchev–Trinajstić information content (AvgIpc) is 3.57. The van der Waals surface area contributed by atoms with Gasteiger partial charge in [-0.15, -0.1) is 0 Å². The normalized spacial score (nSPS) is 16.9. The predicted molar refractivity (Wildman–Crippen MR) is 144 cm³/mol. The molecule has 2 aromatic carbocycles. The quantitative estimate of drug-likeness (QED) is 0.307. The molecule has 186 valence electrons. The summed E-state index contributed by atoms with van der Waals surface area (Å²) >= 11 is 7.01. The molecule has 2 N–H and O–H groups in total. The van der Waals surface area contributed by atoms with E-state index in [1.54, 1.807) is 0 Å². The lowest BCUT2D eigenvalue weighted by Crippen LogP contribution is -2.63. The van der Waals surface area contributed by atoms with E-state index >= 15 is 0 Å². The van der Waals surface area contributed by atoms with Crippen LogP contribution in [0.1, 0.15) is 30.1 Å². The molecule has 2 fully saturated rings. The second kappa shape index (κ2) is 7.79. The molecule has 0 atom stereocenters. The number of aromatic nitrogens is 6. The monoisotopic (exact) mass is 511 g/mol. The van der Waals surface area contributed by atoms with Crippen LogP contribution in [0.15, 0.2) is 49.3 Å². The average molecular weight is 512 g/mol. The van der Waals surface area contributed by atoms with E-state index in [-0.39, 0.29) is 17.4 Å². The number of carbonyl (C=O) groups is 1. The number of nitrogens with one attached hydrogen (secondary N) is 2. The highest BCUT2D eigenvalue weighted by Gasteiger charge is 2.54. The van der Waals surface area contributed by atoms with Crippen LogP contribution in [-0.2, 0) is 4.79 Å². The van der Waals surface area contributed by atoms with Gasteiger partial charge in [0.1, 0.15) is 5.69 Å². The van der Waals surface area contributed by atoms with Gasteiger partial charge in [-0.3, -0.25) is 19.7 Å². The lowest BCUT2D eigenvalue weighted by molar-refractivity contribution is -0.149. The molecule has 1 aliphatic carbocycles. The van der Waals surface area contributed by atoms with Crippen molar-refractivity contribution < 1.29 is 4.79 Å². The van der Waals surface area contributed by atoms with Crippen LogP contribution in [0.2, 0.25) is 5.02 Å². The summed E-state index contributed by atoms with van der Waals surface area (Å²) < 4.78 is 2.18. The number of nitrogens with zero attached hydrogens (tertiary/aromatic N) is 5. The van der Waals surface area contributed by atoms with E-state index in [1.807, 2.05) is 36.4 Å². The summed E-state index contributed by atoms with van der Waals surface area (Å²) in [7, 11) is 0. The summed E-state index contributed by atoms with van der Waals surface area (Å²) in [5.41, 5.74) is 8.08. The van der Waals surface area contributed by atoms with Crippen molar-refractivity contribution in [2.24, 2.45) is 5.41 Å². The molecule has 9 heteroatoms. The molecule has 0 unspecified atom stereocenters. The van der Waals surface area contributed by atoms with Gasteiger partial charge in [-0.05, 0) is 56.5 Å². The zero-order chi connectivity index (χ0) is 25.5. The molecule has 1 amide bonds. The van der Waals surface area contributed by atoms with Gasteiger partial charge in [0.15, 0.2) is 0 Å². The van der Waals surface area contributed by atoms with Crippen LogP contribution in [-0.4, -0.2) is 54.1 Å². The van der Waals surface area contributed by atoms with Gasteiger partial charge in [0, 0.05) is 51.7 Å². The van der Waals surface area contributed by atoms with E-state index in [2.05, 4.69) is 50.7 Å². The highest BCUT2D eigenvalue weighted by atomic mass is 35.5. The summed E-state index contributed by atoms with van der Waals surface area (Å²) in [5, 5.41) is 22.6. The molecule has 37 heavy (non-hydrogen) atoms. The fraction of sp³-hybridized carbons (Fsp3) is 0.286. The number of likely N-dealkylation sites (tertiary alicyclic amines) is 1. The maximum absolute atomic E-state index is 12.0. The maximum Gasteiger partial charge on any atom is 0.245 e. The molecule has 7 rings (SSSR count). The first-order valence-electron chi connectivity index (χ1n) is 12.4. The molecule has 1 saturated heterocycles. The largest absolute Gasteiger partial charge is 0.338 e. The Morgan fingerprint density at radius 2 is 1.86 bits per heavy atom. The first-order chi connectivity index (χ1) is 17.9. The van der Waals surface area contributed by atoms with E-state index in [0.717, 1.165) is 81.4 Å². The lowest BCUT2D eigenvalue weighted by Gasteiger charge is -2.58. The molecule has 2 aliphatic rings. The number of benzene rings is 2. The van der Waals surface area contributed by atoms with Crippen molar-refractivity contribution in [3.05, 3.63) is 65.6 Å². The molecule has 3 aromatic heterocycles. The van der Waals surface area contributed by atoms with Crippen molar-refractivity contribution in [1.82, 2.24) is 35.1 Å². The third-order valence-corrected chi connectivity index (χ3v) is 8.69. The van der Waals surface area contributed by atoms with Gasteiger partial charge in [0.05, 0.1) is 34.5 Å². The van der Waals surface area contributed by atoms with Gasteiger partial charge in [0.2, 0.25) is 5.91 Å². The molecule has 1 aliphatic heterocycles. The van der Waals surface area contributed by atoms with Crippen molar-refractivity contribution in [3.8, 4) is 22.4 Å². The lowest BCUT2D eigenvalue weighted by atomic mass is 9.60. The Morgan fingerprint density at radius 3 is 2.65 bits per heavy atom. The van der Waals surface area contributed by atoms with Crippen LogP contribution in [0.5, 0.6) is 0 Å². The Morgan fingerprint density at radius 1 is 1.11 bits per heavy atom. The van der Waals surface area contributed by atoms with Crippen molar-refractivity contribution in [2.45, 2.75) is 32.7 Å². The number of H-pyrrole nitrogens is 2. The number of fused-ring (bicyclic) bond motifs is 2. The Labute approximate surface area is 218 Å². The van der Waals surface area contributed by atoms with E-state index in [9.17, 15) is 4.79 Å². The molecule has 0 radical (unpaired) electrons. The van der Waals surface area contributed by atoms with Crippen molar-refractivity contribution >= 4 is 39.3 Å². The van der Waals surface area contributed by atoms with Crippen LogP contribution in [0, 0.1) is 19.3 Å². The van der Waals surface area contributed by atoms with Crippen molar-refractivity contribution in [2.75, 3.05) is 13.1 Å². The van der Waals surface area contributed by atoms with Gasteiger partial charge in [-0.25, -0.2) is 0 Å².